The highest BCUT2D eigenvalue weighted by Gasteiger charge is 2.29. The second kappa shape index (κ2) is 9.29. The molecule has 9 nitrogen and oxygen atoms in total. The molecular weight excluding hydrogens is 488 g/mol. The van der Waals surface area contributed by atoms with Gasteiger partial charge in [-0.25, -0.2) is 18.5 Å². The van der Waals surface area contributed by atoms with Crippen LogP contribution in [0.25, 0.3) is 5.65 Å². The predicted octanol–water partition coefficient (Wildman–Crippen LogP) is 3.79. The lowest BCUT2D eigenvalue weighted by molar-refractivity contribution is 0.0713. The number of amides is 1. The average molecular weight is 511 g/mol. The summed E-state index contributed by atoms with van der Waals surface area (Å²) in [4.78, 5) is 19.4. The van der Waals surface area contributed by atoms with E-state index in [0.717, 1.165) is 19.0 Å². The van der Waals surface area contributed by atoms with E-state index in [0.29, 0.717) is 29.7 Å². The van der Waals surface area contributed by atoms with E-state index in [4.69, 9.17) is 16.7 Å². The molecule has 0 aliphatic carbocycles. The fourth-order valence-electron chi connectivity index (χ4n) is 4.39. The highest BCUT2D eigenvalue weighted by atomic mass is 35.5. The summed E-state index contributed by atoms with van der Waals surface area (Å²) in [6, 6.07) is 17.3. The number of fused-ring (bicyclic) bond motifs is 1. The number of anilines is 2. The monoisotopic (exact) mass is 510 g/mol. The summed E-state index contributed by atoms with van der Waals surface area (Å²) in [5.41, 5.74) is 2.07. The second-order valence-corrected chi connectivity index (χ2v) is 10.3. The van der Waals surface area contributed by atoms with Gasteiger partial charge in [0.2, 0.25) is 10.0 Å². The lowest BCUT2D eigenvalue weighted by atomic mass is 9.89. The van der Waals surface area contributed by atoms with Crippen molar-refractivity contribution in [2.75, 3.05) is 18.4 Å². The Bertz CT molecular complexity index is 1500. The number of carbonyl (C=O) groups is 1. The van der Waals surface area contributed by atoms with Crippen molar-refractivity contribution >= 4 is 44.7 Å². The van der Waals surface area contributed by atoms with E-state index in [2.05, 4.69) is 27.5 Å². The minimum absolute atomic E-state index is 0.0152. The maximum atomic E-state index is 13.6. The molecule has 1 amide bonds. The fourth-order valence-corrected chi connectivity index (χ4v) is 5.16. The normalized spacial score (nSPS) is 14.9. The number of nitrogens with two attached hydrogens (primary N) is 1. The van der Waals surface area contributed by atoms with Crippen LogP contribution in [-0.2, 0) is 10.0 Å². The number of hydrogen-bond acceptors (Lipinski definition) is 6. The number of primary sulfonamides is 1. The second-order valence-electron chi connectivity index (χ2n) is 8.39. The van der Waals surface area contributed by atoms with Crippen molar-refractivity contribution in [1.82, 2.24) is 19.5 Å². The highest BCUT2D eigenvalue weighted by Crippen LogP contribution is 2.32. The van der Waals surface area contributed by atoms with Crippen molar-refractivity contribution in [2.45, 2.75) is 23.7 Å². The van der Waals surface area contributed by atoms with Crippen molar-refractivity contribution in [3.05, 3.63) is 83.1 Å². The quantitative estimate of drug-likeness (QED) is 0.421. The summed E-state index contributed by atoms with van der Waals surface area (Å²) in [7, 11) is -4.06. The van der Waals surface area contributed by atoms with E-state index >= 15 is 0 Å². The van der Waals surface area contributed by atoms with E-state index in [1.54, 1.807) is 29.2 Å². The minimum Gasteiger partial charge on any atom is -0.338 e. The van der Waals surface area contributed by atoms with E-state index in [1.165, 1.54) is 16.3 Å². The van der Waals surface area contributed by atoms with E-state index < -0.39 is 10.0 Å². The Morgan fingerprint density at radius 2 is 1.71 bits per heavy atom. The number of carbonyl (C=O) groups excluding carboxylic acids is 1. The van der Waals surface area contributed by atoms with Crippen LogP contribution in [0, 0.1) is 0 Å². The molecule has 3 N–H and O–H groups in total. The zero-order valence-corrected chi connectivity index (χ0v) is 20.2. The van der Waals surface area contributed by atoms with Crippen molar-refractivity contribution in [3.8, 4) is 0 Å². The summed E-state index contributed by atoms with van der Waals surface area (Å²) >= 11 is 6.34. The highest BCUT2D eigenvalue weighted by molar-refractivity contribution is 7.89. The predicted molar refractivity (Wildman–Crippen MR) is 133 cm³/mol. The summed E-state index contributed by atoms with van der Waals surface area (Å²) < 4.78 is 25.3. The van der Waals surface area contributed by atoms with Crippen LogP contribution >= 0.6 is 11.6 Å². The average Bonchev–Trinajstić information content (AvgIpc) is 3.31. The SMILES string of the molecule is NS(=O)(=O)c1cnn2c(Nc3ccccc3Cl)c(C(=O)N3CCC(c4ccccc4)CC3)cnc12. The zero-order chi connectivity index (χ0) is 24.6. The smallest absolute Gasteiger partial charge is 0.259 e. The van der Waals surface area contributed by atoms with Gasteiger partial charge in [0.1, 0.15) is 16.3 Å². The van der Waals surface area contributed by atoms with Crippen LogP contribution in [0.15, 0.2) is 71.9 Å². The molecule has 2 aromatic carbocycles. The number of sulfonamides is 1. The third kappa shape index (κ3) is 4.60. The zero-order valence-electron chi connectivity index (χ0n) is 18.6. The van der Waals surface area contributed by atoms with Crippen LogP contribution < -0.4 is 10.5 Å². The Hall–Kier alpha value is -3.47. The first kappa shape index (κ1) is 23.3. The number of halogens is 1. The van der Waals surface area contributed by atoms with Gasteiger partial charge in [0.15, 0.2) is 5.65 Å². The summed E-state index contributed by atoms with van der Waals surface area (Å²) in [5.74, 6) is 0.423. The van der Waals surface area contributed by atoms with E-state index in [1.807, 2.05) is 18.2 Å². The third-order valence-electron chi connectivity index (χ3n) is 6.21. The summed E-state index contributed by atoms with van der Waals surface area (Å²) in [6.45, 7) is 1.17. The first-order valence-electron chi connectivity index (χ1n) is 11.1. The van der Waals surface area contributed by atoms with Gasteiger partial charge in [-0.1, -0.05) is 54.1 Å². The number of rotatable bonds is 5. The Labute approximate surface area is 207 Å². The van der Waals surface area contributed by atoms with Gasteiger partial charge in [0.05, 0.1) is 16.9 Å². The lowest BCUT2D eigenvalue weighted by Crippen LogP contribution is -2.38. The number of piperidine rings is 1. The molecule has 0 atom stereocenters. The van der Waals surface area contributed by atoms with Crippen molar-refractivity contribution < 1.29 is 13.2 Å². The molecule has 1 saturated heterocycles. The molecule has 3 heterocycles. The largest absolute Gasteiger partial charge is 0.338 e. The van der Waals surface area contributed by atoms with Gasteiger partial charge in [0.25, 0.3) is 5.91 Å². The van der Waals surface area contributed by atoms with Gasteiger partial charge < -0.3 is 10.2 Å². The van der Waals surface area contributed by atoms with Crippen molar-refractivity contribution in [1.29, 1.82) is 0 Å². The molecule has 0 spiro atoms. The molecular formula is C24H23ClN6O3S. The van der Waals surface area contributed by atoms with Crippen molar-refractivity contribution in [2.24, 2.45) is 5.14 Å². The molecule has 35 heavy (non-hydrogen) atoms. The van der Waals surface area contributed by atoms with Gasteiger partial charge >= 0.3 is 0 Å². The van der Waals surface area contributed by atoms with Crippen molar-refractivity contribution in [3.63, 3.8) is 0 Å². The molecule has 0 bridgehead atoms. The number of aromatic nitrogens is 3. The van der Waals surface area contributed by atoms with Gasteiger partial charge in [-0.15, -0.1) is 0 Å². The molecule has 0 unspecified atom stereocenters. The molecule has 11 heteroatoms. The van der Waals surface area contributed by atoms with Gasteiger partial charge in [0, 0.05) is 19.3 Å². The van der Waals surface area contributed by atoms with Crippen LogP contribution in [-0.4, -0.2) is 46.9 Å². The number of nitrogens with one attached hydrogen (secondary N) is 1. The maximum Gasteiger partial charge on any atom is 0.259 e. The third-order valence-corrected chi connectivity index (χ3v) is 7.44. The molecule has 180 valence electrons. The Morgan fingerprint density at radius 3 is 2.40 bits per heavy atom. The molecule has 4 aromatic rings. The number of nitrogens with zero attached hydrogens (tertiary/aromatic N) is 4. The number of hydrogen-bond donors (Lipinski definition) is 2. The van der Waals surface area contributed by atoms with Gasteiger partial charge in [-0.2, -0.15) is 9.61 Å². The number of para-hydroxylation sites is 1. The topological polar surface area (TPSA) is 123 Å². The summed E-state index contributed by atoms with van der Waals surface area (Å²) in [6.07, 6.45) is 4.16. The molecule has 5 rings (SSSR count). The molecule has 1 aliphatic rings. The van der Waals surface area contributed by atoms with Crippen LogP contribution in [0.4, 0.5) is 11.5 Å². The molecule has 1 fully saturated rings. The molecule has 0 radical (unpaired) electrons. The van der Waals surface area contributed by atoms with Crippen LogP contribution in [0.2, 0.25) is 5.02 Å². The maximum absolute atomic E-state index is 13.6. The molecule has 1 aliphatic heterocycles. The lowest BCUT2D eigenvalue weighted by Gasteiger charge is -2.32. The minimum atomic E-state index is -4.06. The van der Waals surface area contributed by atoms with Crippen LogP contribution in [0.3, 0.4) is 0 Å². The first-order valence-corrected chi connectivity index (χ1v) is 13.0. The Kier molecular flexibility index (Phi) is 6.18. The van der Waals surface area contributed by atoms with Crippen LogP contribution in [0.5, 0.6) is 0 Å². The Morgan fingerprint density at radius 1 is 1.03 bits per heavy atom. The first-order chi connectivity index (χ1) is 16.8. The standard InChI is InChI=1S/C24H23ClN6O3S/c25-19-8-4-5-9-20(19)29-22-18(14-27-23-21(35(26,33)34)15-28-31(22)23)24(32)30-12-10-17(11-13-30)16-6-2-1-3-7-16/h1-9,14-15,17,29H,10-13H2,(H2,26,33,34). The van der Waals surface area contributed by atoms with E-state index in [-0.39, 0.29) is 27.8 Å². The molecule has 0 saturated carbocycles. The van der Waals surface area contributed by atoms with Crippen LogP contribution in [0.1, 0.15) is 34.7 Å². The fraction of sp³-hybridized carbons (Fsp3) is 0.208. The number of benzene rings is 2. The van der Waals surface area contributed by atoms with Gasteiger partial charge in [-0.3, -0.25) is 4.79 Å². The Balaban J connectivity index is 1.50. The summed E-state index contributed by atoms with van der Waals surface area (Å²) in [5, 5.41) is 13.1. The molecule has 2 aromatic heterocycles. The van der Waals surface area contributed by atoms with E-state index in [9.17, 15) is 13.2 Å². The number of likely N-dealkylation sites (tertiary alicyclic amines) is 1. The van der Waals surface area contributed by atoms with Gasteiger partial charge in [-0.05, 0) is 36.5 Å².